The fourth-order valence-corrected chi connectivity index (χ4v) is 2.28. The zero-order valence-corrected chi connectivity index (χ0v) is 10.8. The smallest absolute Gasteiger partial charge is 0.132 e. The molecule has 1 unspecified atom stereocenters. The van der Waals surface area contributed by atoms with Gasteiger partial charge in [0.2, 0.25) is 0 Å². The van der Waals surface area contributed by atoms with Crippen LogP contribution in [0.25, 0.3) is 0 Å². The van der Waals surface area contributed by atoms with Gasteiger partial charge in [-0.05, 0) is 36.8 Å². The maximum absolute atomic E-state index is 7.27. The molecule has 0 heterocycles. The quantitative estimate of drug-likeness (QED) is 0.800. The SMILES string of the molecule is [2H]C([2H])([2H])Oc1cc(SCC)c(OC([2H])([2H])[2H])cc1CC(C)N. The number of benzene rings is 1. The van der Waals surface area contributed by atoms with Crippen LogP contribution in [-0.4, -0.2) is 25.9 Å². The van der Waals surface area contributed by atoms with E-state index in [1.54, 1.807) is 6.92 Å². The summed E-state index contributed by atoms with van der Waals surface area (Å²) in [6.07, 6.45) is 0.333. The third-order valence-electron chi connectivity index (χ3n) is 2.19. The van der Waals surface area contributed by atoms with E-state index in [0.717, 1.165) is 0 Å². The second-order valence-electron chi connectivity index (χ2n) is 3.73. The minimum atomic E-state index is -2.60. The Morgan fingerprint density at radius 2 is 2.06 bits per heavy atom. The Morgan fingerprint density at radius 3 is 2.65 bits per heavy atom. The highest BCUT2D eigenvalue weighted by molar-refractivity contribution is 7.99. The highest BCUT2D eigenvalue weighted by atomic mass is 32.2. The lowest BCUT2D eigenvalue weighted by Crippen LogP contribution is -2.18. The zero-order chi connectivity index (χ0) is 17.8. The molecule has 0 aliphatic heterocycles. The summed E-state index contributed by atoms with van der Waals surface area (Å²) < 4.78 is 53.7. The summed E-state index contributed by atoms with van der Waals surface area (Å²) in [5.41, 5.74) is 6.27. The van der Waals surface area contributed by atoms with E-state index in [0.29, 0.717) is 22.6 Å². The van der Waals surface area contributed by atoms with Gasteiger partial charge in [-0.1, -0.05) is 6.92 Å². The topological polar surface area (TPSA) is 44.5 Å². The Bertz CT molecular complexity index is 530. The van der Waals surface area contributed by atoms with Gasteiger partial charge in [-0.25, -0.2) is 0 Å². The number of rotatable bonds is 6. The normalized spacial score (nSPS) is 19.0. The highest BCUT2D eigenvalue weighted by Gasteiger charge is 2.12. The van der Waals surface area contributed by atoms with E-state index in [1.165, 1.54) is 23.9 Å². The molecule has 4 heteroatoms. The maximum atomic E-state index is 7.27. The van der Waals surface area contributed by atoms with E-state index in [2.05, 4.69) is 0 Å². The number of thioether (sulfide) groups is 1. The molecule has 0 aliphatic carbocycles. The minimum absolute atomic E-state index is 0.163. The lowest BCUT2D eigenvalue weighted by atomic mass is 10.1. The van der Waals surface area contributed by atoms with Gasteiger partial charge in [0.05, 0.1) is 27.2 Å². The third-order valence-corrected chi connectivity index (χ3v) is 3.11. The molecule has 0 fully saturated rings. The molecule has 0 bridgehead atoms. The van der Waals surface area contributed by atoms with E-state index in [-0.39, 0.29) is 17.5 Å². The summed E-state index contributed by atoms with van der Waals surface area (Å²) >= 11 is 1.34. The first kappa shape index (κ1) is 7.54. The summed E-state index contributed by atoms with van der Waals surface area (Å²) in [4.78, 5) is 0.510. The van der Waals surface area contributed by atoms with Crippen LogP contribution in [0.4, 0.5) is 0 Å². The Balaban J connectivity index is 3.35. The van der Waals surface area contributed by atoms with Crippen molar-refractivity contribution in [2.24, 2.45) is 5.73 Å². The molecule has 3 nitrogen and oxygen atoms in total. The molecule has 0 radical (unpaired) electrons. The van der Waals surface area contributed by atoms with E-state index in [1.807, 2.05) is 6.92 Å². The molecule has 0 aromatic heterocycles. The number of hydrogen-bond donors (Lipinski definition) is 1. The Kier molecular flexibility index (Phi) is 3.00. The van der Waals surface area contributed by atoms with Gasteiger partial charge in [0.1, 0.15) is 11.5 Å². The van der Waals surface area contributed by atoms with Crippen LogP contribution in [0.5, 0.6) is 11.5 Å². The number of ether oxygens (including phenoxy) is 2. The van der Waals surface area contributed by atoms with Crippen molar-refractivity contribution in [3.63, 3.8) is 0 Å². The van der Waals surface area contributed by atoms with Crippen molar-refractivity contribution >= 4 is 11.8 Å². The van der Waals surface area contributed by atoms with Crippen LogP contribution in [0.1, 0.15) is 27.6 Å². The van der Waals surface area contributed by atoms with Crippen LogP contribution in [0.15, 0.2) is 17.0 Å². The third kappa shape index (κ3) is 3.82. The Labute approximate surface area is 116 Å². The summed E-state index contributed by atoms with van der Waals surface area (Å²) in [6.45, 7) is 3.65. The molecule has 0 spiro atoms. The standard InChI is InChI=1S/C13H21NO2S/c1-5-17-13-8-11(15-3)10(6-9(2)14)7-12(13)16-4/h7-9H,5-6,14H2,1-4H3/i3D3,4D3. The molecule has 0 aliphatic rings. The van der Waals surface area contributed by atoms with Crippen LogP contribution < -0.4 is 15.2 Å². The monoisotopic (exact) mass is 261 g/mol. The van der Waals surface area contributed by atoms with Crippen LogP contribution >= 0.6 is 11.8 Å². The van der Waals surface area contributed by atoms with Crippen molar-refractivity contribution in [3.8, 4) is 11.5 Å². The molecular weight excluding hydrogens is 234 g/mol. The first-order chi connectivity index (χ1) is 10.4. The molecule has 1 atom stereocenters. The lowest BCUT2D eigenvalue weighted by molar-refractivity contribution is 0.389. The van der Waals surface area contributed by atoms with Crippen LogP contribution in [0, 0.1) is 0 Å². The fraction of sp³-hybridized carbons (Fsp3) is 0.538. The van der Waals surface area contributed by atoms with Gasteiger partial charge in [0.15, 0.2) is 0 Å². The van der Waals surface area contributed by atoms with Crippen molar-refractivity contribution < 1.29 is 17.7 Å². The molecule has 1 aromatic carbocycles. The van der Waals surface area contributed by atoms with Gasteiger partial charge in [-0.2, -0.15) is 0 Å². The van der Waals surface area contributed by atoms with E-state index in [9.17, 15) is 0 Å². The van der Waals surface area contributed by atoms with Gasteiger partial charge >= 0.3 is 0 Å². The van der Waals surface area contributed by atoms with Crippen LogP contribution in [0.2, 0.25) is 0 Å². The lowest BCUT2D eigenvalue weighted by Gasteiger charge is -2.15. The molecule has 1 aromatic rings. The first-order valence-corrected chi connectivity index (χ1v) is 6.33. The first-order valence-electron chi connectivity index (χ1n) is 8.34. The van der Waals surface area contributed by atoms with Crippen molar-refractivity contribution in [1.82, 2.24) is 0 Å². The second kappa shape index (κ2) is 6.77. The summed E-state index contributed by atoms with van der Waals surface area (Å²) in [7, 11) is -5.20. The summed E-state index contributed by atoms with van der Waals surface area (Å²) in [5.74, 6) is 0.999. The Hall–Kier alpha value is -0.870. The highest BCUT2D eigenvalue weighted by Crippen LogP contribution is 2.35. The average molecular weight is 261 g/mol. The molecule has 0 amide bonds. The zero-order valence-electron chi connectivity index (χ0n) is 15.9. The van der Waals surface area contributed by atoms with Gasteiger partial charge < -0.3 is 15.2 Å². The van der Waals surface area contributed by atoms with Crippen molar-refractivity contribution in [2.45, 2.75) is 31.2 Å². The second-order valence-corrected chi connectivity index (χ2v) is 5.03. The summed E-state index contributed by atoms with van der Waals surface area (Å²) in [6, 6.07) is 2.74. The molecule has 2 N–H and O–H groups in total. The average Bonchev–Trinajstić information content (AvgIpc) is 2.30. The van der Waals surface area contributed by atoms with Gasteiger partial charge in [-0.15, -0.1) is 11.8 Å². The minimum Gasteiger partial charge on any atom is -0.496 e. The largest absolute Gasteiger partial charge is 0.496 e. The van der Waals surface area contributed by atoms with Crippen molar-refractivity contribution in [3.05, 3.63) is 17.7 Å². The summed E-state index contributed by atoms with van der Waals surface area (Å²) in [5, 5.41) is 0. The Morgan fingerprint density at radius 1 is 1.35 bits per heavy atom. The van der Waals surface area contributed by atoms with Crippen molar-refractivity contribution in [2.75, 3.05) is 19.8 Å². The van der Waals surface area contributed by atoms with E-state index in [4.69, 9.17) is 23.4 Å². The molecule has 17 heavy (non-hydrogen) atoms. The molecule has 0 saturated carbocycles. The number of nitrogens with two attached hydrogens (primary N) is 1. The predicted molar refractivity (Wildman–Crippen MR) is 73.3 cm³/mol. The molecule has 96 valence electrons. The van der Waals surface area contributed by atoms with Gasteiger partial charge in [-0.3, -0.25) is 0 Å². The van der Waals surface area contributed by atoms with Crippen LogP contribution in [0.3, 0.4) is 0 Å². The molecule has 1 rings (SSSR count). The van der Waals surface area contributed by atoms with E-state index < -0.39 is 14.1 Å². The predicted octanol–water partition coefficient (Wildman–Crippen LogP) is 2.71. The van der Waals surface area contributed by atoms with Crippen LogP contribution in [-0.2, 0) is 6.42 Å². The molecule has 0 saturated heterocycles. The number of hydrogen-bond acceptors (Lipinski definition) is 4. The van der Waals surface area contributed by atoms with Gasteiger partial charge in [0, 0.05) is 6.04 Å². The molecular formula is C13H21NO2S. The van der Waals surface area contributed by atoms with E-state index >= 15 is 0 Å². The number of methoxy groups -OCH3 is 2. The maximum Gasteiger partial charge on any atom is 0.132 e. The van der Waals surface area contributed by atoms with Crippen molar-refractivity contribution in [1.29, 1.82) is 0 Å². The fourth-order valence-electron chi connectivity index (χ4n) is 1.53. The van der Waals surface area contributed by atoms with Gasteiger partial charge in [0.25, 0.3) is 0 Å².